The van der Waals surface area contributed by atoms with E-state index in [4.69, 9.17) is 10.1 Å². The average molecular weight is 679 g/mol. The molecule has 6 aromatic rings. The normalized spacial score (nSPS) is 13.6. The number of hydrogen-bond donors (Lipinski definition) is 0. The Kier molecular flexibility index (Phi) is 8.53. The molecule has 224 valence electrons. The molecule has 0 aliphatic carbocycles. The van der Waals surface area contributed by atoms with Gasteiger partial charge in [0.1, 0.15) is 0 Å². The molecule has 0 amide bonds. The summed E-state index contributed by atoms with van der Waals surface area (Å²) < 4.78 is 0. The molecule has 0 fully saturated rings. The van der Waals surface area contributed by atoms with Crippen molar-refractivity contribution in [2.75, 3.05) is 0 Å². The quantitative estimate of drug-likeness (QED) is 0.123. The molecule has 0 radical (unpaired) electrons. The number of halogens is 1. The van der Waals surface area contributed by atoms with Crippen LogP contribution < -0.4 is 31.8 Å². The molecular formula is C38H34ClCoO2P2. The Bertz CT molecular complexity index is 1530. The van der Waals surface area contributed by atoms with Crippen molar-refractivity contribution in [2.45, 2.75) is 0 Å². The van der Waals surface area contributed by atoms with Crippen molar-refractivity contribution < 1.29 is 19.4 Å². The Hall–Kier alpha value is -3.68. The van der Waals surface area contributed by atoms with Crippen LogP contribution in [0.15, 0.2) is 182 Å². The van der Waals surface area contributed by atoms with Gasteiger partial charge >= 0.3 is 266 Å². The monoisotopic (exact) mass is 678 g/mol. The van der Waals surface area contributed by atoms with Crippen LogP contribution in [-0.4, -0.2) is 10.4 Å². The Morgan fingerprint density at radius 2 is 0.500 bits per heavy atom. The van der Waals surface area contributed by atoms with Gasteiger partial charge in [0.2, 0.25) is 0 Å². The maximum absolute atomic E-state index is 14.9. The van der Waals surface area contributed by atoms with E-state index < -0.39 is 21.8 Å². The molecule has 0 aliphatic heterocycles. The zero-order chi connectivity index (χ0) is 30.5. The van der Waals surface area contributed by atoms with Crippen molar-refractivity contribution in [3.8, 4) is 0 Å². The topological polar surface area (TPSA) is 34.1 Å². The standard InChI is InChI=1S/2C18H15P.2CHO.ClH.Co/c2*1-4-10-16(11-5-1)19(17-12-6-2-7-13-17)18-14-8-3-9-15-18;2*1-2;;/h2*1-15H;2*1H;1H;/q;;;;;-1/p+1. The van der Waals surface area contributed by atoms with Crippen molar-refractivity contribution >= 4 is 64.4 Å². The summed E-state index contributed by atoms with van der Waals surface area (Å²) in [6.07, 6.45) is 0. The SMILES string of the molecule is O=[CH][Co]([Cl])([CH]=O)([PH](c1ccccc1)(c1ccccc1)c1ccccc1)[PH](c1ccccc1)(c1ccccc1)c1ccccc1. The third-order valence-electron chi connectivity index (χ3n) is 8.28. The van der Waals surface area contributed by atoms with Crippen molar-refractivity contribution in [1.29, 1.82) is 0 Å². The van der Waals surface area contributed by atoms with Crippen LogP contribution in [-0.2, 0) is 19.4 Å². The second kappa shape index (κ2) is 12.4. The maximum atomic E-state index is 14.9. The van der Waals surface area contributed by atoms with E-state index in [1.165, 1.54) is 0 Å². The van der Waals surface area contributed by atoms with Gasteiger partial charge in [-0.15, -0.1) is 0 Å². The number of hydrogen-bond acceptors (Lipinski definition) is 2. The summed E-state index contributed by atoms with van der Waals surface area (Å²) in [4.78, 5) is 29.8. The van der Waals surface area contributed by atoms with Gasteiger partial charge in [0.15, 0.2) is 0 Å². The Morgan fingerprint density at radius 3 is 0.636 bits per heavy atom. The van der Waals surface area contributed by atoms with Gasteiger partial charge in [0.25, 0.3) is 0 Å². The third-order valence-corrected chi connectivity index (χ3v) is 45.5. The summed E-state index contributed by atoms with van der Waals surface area (Å²) in [7, 11) is 3.85. The van der Waals surface area contributed by atoms with Crippen molar-refractivity contribution in [2.24, 2.45) is 0 Å². The Labute approximate surface area is 264 Å². The van der Waals surface area contributed by atoms with Gasteiger partial charge in [0.05, 0.1) is 0 Å². The second-order valence-corrected chi connectivity index (χ2v) is 35.5. The molecule has 0 N–H and O–H groups in total. The van der Waals surface area contributed by atoms with Gasteiger partial charge in [-0.05, 0) is 0 Å². The van der Waals surface area contributed by atoms with Crippen molar-refractivity contribution in [3.05, 3.63) is 182 Å². The van der Waals surface area contributed by atoms with E-state index in [1.807, 2.05) is 109 Å². The van der Waals surface area contributed by atoms with Gasteiger partial charge in [-0.25, -0.2) is 0 Å². The van der Waals surface area contributed by atoms with E-state index in [0.717, 1.165) is 42.3 Å². The first-order valence-electron chi connectivity index (χ1n) is 14.3. The van der Waals surface area contributed by atoms with Crippen LogP contribution in [0, 0.1) is 0 Å². The van der Waals surface area contributed by atoms with Crippen LogP contribution in [0.1, 0.15) is 0 Å². The molecule has 2 nitrogen and oxygen atoms in total. The van der Waals surface area contributed by atoms with Crippen molar-refractivity contribution in [1.82, 2.24) is 0 Å². The zero-order valence-corrected chi connectivity index (χ0v) is 27.8. The summed E-state index contributed by atoms with van der Waals surface area (Å²) in [6, 6.07) is 60.6. The molecule has 6 heteroatoms. The van der Waals surface area contributed by atoms with Gasteiger partial charge in [-0.1, -0.05) is 0 Å². The van der Waals surface area contributed by atoms with Gasteiger partial charge in [-0.3, -0.25) is 0 Å². The molecule has 0 unspecified atom stereocenters. The van der Waals surface area contributed by atoms with E-state index in [0.29, 0.717) is 0 Å². The summed E-state index contributed by atoms with van der Waals surface area (Å²) in [6.45, 7) is 0. The van der Waals surface area contributed by atoms with Crippen LogP contribution in [0.25, 0.3) is 0 Å². The van der Waals surface area contributed by atoms with Crippen LogP contribution in [0.2, 0.25) is 0 Å². The predicted octanol–water partition coefficient (Wildman–Crippen LogP) is 6.49. The van der Waals surface area contributed by atoms with E-state index in [2.05, 4.69) is 72.8 Å². The van der Waals surface area contributed by atoms with Gasteiger partial charge in [0, 0.05) is 0 Å². The van der Waals surface area contributed by atoms with Crippen molar-refractivity contribution in [3.63, 3.8) is 0 Å². The molecule has 0 saturated heterocycles. The first kappa shape index (κ1) is 30.3. The fraction of sp³-hybridized carbons (Fsp3) is 0. The second-order valence-electron chi connectivity index (χ2n) is 10.5. The molecule has 0 atom stereocenters. The first-order valence-corrected chi connectivity index (χ1v) is 23.7. The summed E-state index contributed by atoms with van der Waals surface area (Å²) in [5.41, 5.74) is 0. The molecule has 0 saturated carbocycles. The summed E-state index contributed by atoms with van der Waals surface area (Å²) in [5, 5.41) is 7.51. The third kappa shape index (κ3) is 4.23. The van der Waals surface area contributed by atoms with E-state index in [1.54, 1.807) is 0 Å². The fourth-order valence-electron chi connectivity index (χ4n) is 6.58. The van der Waals surface area contributed by atoms with Crippen LogP contribution in [0.3, 0.4) is 0 Å². The number of carbonyl (C=O) groups is 2. The zero-order valence-electron chi connectivity index (χ0n) is 24.0. The summed E-state index contributed by atoms with van der Waals surface area (Å²) >= 11 is 0. The van der Waals surface area contributed by atoms with Gasteiger partial charge < -0.3 is 0 Å². The molecule has 0 aliphatic rings. The number of rotatable bonds is 10. The molecule has 6 aromatic carbocycles. The summed E-state index contributed by atoms with van der Waals surface area (Å²) in [5.74, 6) is -7.58. The van der Waals surface area contributed by atoms with Crippen LogP contribution in [0.5, 0.6) is 0 Å². The number of carbonyl (C=O) groups excluding carboxylic acids is 2. The van der Waals surface area contributed by atoms with Crippen LogP contribution in [0.4, 0.5) is 0 Å². The molecule has 6 rings (SSSR count). The molecule has 0 heterocycles. The Balaban J connectivity index is 2.00. The van der Waals surface area contributed by atoms with Gasteiger partial charge in [-0.2, -0.15) is 0 Å². The van der Waals surface area contributed by atoms with Crippen LogP contribution >= 0.6 is 22.1 Å². The number of benzene rings is 6. The predicted molar refractivity (Wildman–Crippen MR) is 192 cm³/mol. The minimum atomic E-state index is -4.89. The molecule has 0 spiro atoms. The first-order chi connectivity index (χ1) is 21.6. The average Bonchev–Trinajstić information content (AvgIpc) is 3.12. The minimum absolute atomic E-state index is 0.934. The molecular weight excluding hydrogens is 645 g/mol. The van der Waals surface area contributed by atoms with E-state index in [-0.39, 0.29) is 0 Å². The molecule has 44 heavy (non-hydrogen) atoms. The Morgan fingerprint density at radius 1 is 0.341 bits per heavy atom. The van der Waals surface area contributed by atoms with E-state index in [9.17, 15) is 9.59 Å². The fourth-order valence-corrected chi connectivity index (χ4v) is 50.9. The molecule has 0 bridgehead atoms. The van der Waals surface area contributed by atoms with E-state index >= 15 is 0 Å². The molecule has 0 aromatic heterocycles.